The fraction of sp³-hybridized carbons (Fsp3) is 0.462. The largest absolute Gasteiger partial charge is 0.316 e. The van der Waals surface area contributed by atoms with Crippen molar-refractivity contribution in [2.75, 3.05) is 13.1 Å². The van der Waals surface area contributed by atoms with Gasteiger partial charge in [0.1, 0.15) is 0 Å². The Morgan fingerprint density at radius 1 is 1.44 bits per heavy atom. The van der Waals surface area contributed by atoms with Gasteiger partial charge in [-0.3, -0.25) is 9.78 Å². The molecule has 3 heterocycles. The van der Waals surface area contributed by atoms with Gasteiger partial charge in [0.2, 0.25) is 0 Å². The Morgan fingerprint density at radius 2 is 2.39 bits per heavy atom. The molecule has 2 aromatic rings. The topological polar surface area (TPSA) is 59.8 Å². The van der Waals surface area contributed by atoms with Gasteiger partial charge in [-0.25, -0.2) is 4.68 Å². The predicted octanol–water partition coefficient (Wildman–Crippen LogP) is 0.791. The predicted molar refractivity (Wildman–Crippen MR) is 69.4 cm³/mol. The highest BCUT2D eigenvalue weighted by Crippen LogP contribution is 2.12. The summed E-state index contributed by atoms with van der Waals surface area (Å²) < 4.78 is 1.58. The molecule has 0 radical (unpaired) electrons. The maximum atomic E-state index is 12.3. The van der Waals surface area contributed by atoms with E-state index in [1.165, 1.54) is 6.42 Å². The minimum absolute atomic E-state index is 0.0135. The summed E-state index contributed by atoms with van der Waals surface area (Å²) in [5, 5.41) is 9.10. The van der Waals surface area contributed by atoms with Gasteiger partial charge in [0, 0.05) is 24.3 Å². The first-order valence-corrected chi connectivity index (χ1v) is 6.35. The maximum Gasteiger partial charge on any atom is 0.274 e. The summed E-state index contributed by atoms with van der Waals surface area (Å²) in [5.41, 5.74) is -0.0135. The molecule has 1 atom stereocenters. The molecule has 1 fully saturated rings. The molecule has 0 aromatic carbocycles. The quantitative estimate of drug-likeness (QED) is 0.848. The highest BCUT2D eigenvalue weighted by molar-refractivity contribution is 5.79. The van der Waals surface area contributed by atoms with E-state index in [1.54, 1.807) is 29.3 Å². The van der Waals surface area contributed by atoms with Crippen LogP contribution in [0.5, 0.6) is 0 Å². The van der Waals surface area contributed by atoms with Crippen molar-refractivity contribution in [3.8, 4) is 0 Å². The van der Waals surface area contributed by atoms with Crippen molar-refractivity contribution in [2.45, 2.75) is 19.4 Å². The Labute approximate surface area is 105 Å². The molecule has 0 unspecified atom stereocenters. The van der Waals surface area contributed by atoms with Crippen LogP contribution >= 0.6 is 0 Å². The molecule has 18 heavy (non-hydrogen) atoms. The van der Waals surface area contributed by atoms with Gasteiger partial charge in [0.25, 0.3) is 5.56 Å². The fourth-order valence-electron chi connectivity index (χ4n) is 2.48. The van der Waals surface area contributed by atoms with Crippen molar-refractivity contribution in [1.82, 2.24) is 20.1 Å². The van der Waals surface area contributed by atoms with Gasteiger partial charge in [-0.2, -0.15) is 5.10 Å². The first-order valence-electron chi connectivity index (χ1n) is 6.35. The number of rotatable bonds is 2. The lowest BCUT2D eigenvalue weighted by atomic mass is 10.00. The van der Waals surface area contributed by atoms with Gasteiger partial charge in [-0.15, -0.1) is 0 Å². The lowest BCUT2D eigenvalue weighted by Gasteiger charge is -2.22. The third-order valence-corrected chi connectivity index (χ3v) is 3.48. The summed E-state index contributed by atoms with van der Waals surface area (Å²) >= 11 is 0. The molecule has 1 N–H and O–H groups in total. The molecule has 0 saturated carbocycles. The molecule has 0 spiro atoms. The van der Waals surface area contributed by atoms with E-state index in [4.69, 9.17) is 0 Å². The van der Waals surface area contributed by atoms with Crippen LogP contribution in [0.2, 0.25) is 0 Å². The van der Waals surface area contributed by atoms with E-state index >= 15 is 0 Å². The smallest absolute Gasteiger partial charge is 0.274 e. The second-order valence-electron chi connectivity index (χ2n) is 4.81. The molecule has 2 aromatic heterocycles. The van der Waals surface area contributed by atoms with Crippen molar-refractivity contribution < 1.29 is 0 Å². The zero-order valence-corrected chi connectivity index (χ0v) is 10.2. The zero-order valence-electron chi connectivity index (χ0n) is 10.2. The van der Waals surface area contributed by atoms with Crippen LogP contribution in [0.1, 0.15) is 12.8 Å². The number of hydrogen-bond donors (Lipinski definition) is 1. The first-order chi connectivity index (χ1) is 8.84. The SMILES string of the molecule is O=c1c2ccncc2cnn1C[C@H]1CCCNC1. The van der Waals surface area contributed by atoms with Gasteiger partial charge in [0.05, 0.1) is 11.6 Å². The third-order valence-electron chi connectivity index (χ3n) is 3.48. The van der Waals surface area contributed by atoms with Crippen molar-refractivity contribution in [1.29, 1.82) is 0 Å². The molecule has 0 amide bonds. The molecule has 1 aliphatic rings. The Bertz CT molecular complexity index is 601. The minimum atomic E-state index is -0.0135. The van der Waals surface area contributed by atoms with E-state index in [-0.39, 0.29) is 5.56 Å². The number of nitrogens with one attached hydrogen (secondary N) is 1. The maximum absolute atomic E-state index is 12.3. The standard InChI is InChI=1S/C13H16N4O/c18-13-12-3-5-15-7-11(12)8-16-17(13)9-10-2-1-4-14-6-10/h3,5,7-8,10,14H,1-2,4,6,9H2/t10-/m0/s1. The first kappa shape index (κ1) is 11.3. The zero-order chi connectivity index (χ0) is 12.4. The summed E-state index contributed by atoms with van der Waals surface area (Å²) in [5.74, 6) is 0.503. The monoisotopic (exact) mass is 244 g/mol. The molecule has 0 bridgehead atoms. The second-order valence-corrected chi connectivity index (χ2v) is 4.81. The van der Waals surface area contributed by atoms with E-state index < -0.39 is 0 Å². The van der Waals surface area contributed by atoms with E-state index in [2.05, 4.69) is 15.4 Å². The number of piperidine rings is 1. The summed E-state index contributed by atoms with van der Waals surface area (Å²) in [6, 6.07) is 1.76. The average molecular weight is 244 g/mol. The molecule has 3 rings (SSSR count). The number of fused-ring (bicyclic) bond motifs is 1. The van der Waals surface area contributed by atoms with Crippen LogP contribution in [0.4, 0.5) is 0 Å². The molecule has 94 valence electrons. The molecule has 1 saturated heterocycles. The lowest BCUT2D eigenvalue weighted by Crippen LogP contribution is -2.35. The van der Waals surface area contributed by atoms with Crippen molar-refractivity contribution in [3.63, 3.8) is 0 Å². The normalized spacial score (nSPS) is 20.1. The van der Waals surface area contributed by atoms with Gasteiger partial charge in [-0.1, -0.05) is 0 Å². The van der Waals surface area contributed by atoms with Crippen LogP contribution in [-0.4, -0.2) is 27.9 Å². The average Bonchev–Trinajstić information content (AvgIpc) is 2.43. The summed E-state index contributed by atoms with van der Waals surface area (Å²) in [6.07, 6.45) is 7.39. The molecular formula is C13H16N4O. The summed E-state index contributed by atoms with van der Waals surface area (Å²) in [7, 11) is 0. The molecule has 1 aliphatic heterocycles. The van der Waals surface area contributed by atoms with Gasteiger partial charge in [-0.05, 0) is 37.9 Å². The summed E-state index contributed by atoms with van der Waals surface area (Å²) in [6.45, 7) is 2.76. The van der Waals surface area contributed by atoms with E-state index in [0.717, 1.165) is 24.9 Å². The molecule has 5 nitrogen and oxygen atoms in total. The fourth-order valence-corrected chi connectivity index (χ4v) is 2.48. The Morgan fingerprint density at radius 3 is 3.22 bits per heavy atom. The van der Waals surface area contributed by atoms with E-state index in [9.17, 15) is 4.79 Å². The highest BCUT2D eigenvalue weighted by Gasteiger charge is 2.15. The number of nitrogens with zero attached hydrogens (tertiary/aromatic N) is 3. The van der Waals surface area contributed by atoms with Gasteiger partial charge >= 0.3 is 0 Å². The van der Waals surface area contributed by atoms with Crippen LogP contribution < -0.4 is 10.9 Å². The second kappa shape index (κ2) is 4.86. The van der Waals surface area contributed by atoms with E-state index in [0.29, 0.717) is 17.8 Å². The molecule has 0 aliphatic carbocycles. The van der Waals surface area contributed by atoms with Crippen LogP contribution in [0.3, 0.4) is 0 Å². The van der Waals surface area contributed by atoms with Crippen LogP contribution in [0, 0.1) is 5.92 Å². The Hall–Kier alpha value is -1.75. The number of hydrogen-bond acceptors (Lipinski definition) is 4. The Kier molecular flexibility index (Phi) is 3.06. The van der Waals surface area contributed by atoms with Crippen molar-refractivity contribution in [2.24, 2.45) is 5.92 Å². The summed E-state index contributed by atoms with van der Waals surface area (Å²) in [4.78, 5) is 16.3. The van der Waals surface area contributed by atoms with Crippen LogP contribution in [0.25, 0.3) is 10.8 Å². The van der Waals surface area contributed by atoms with Gasteiger partial charge < -0.3 is 5.32 Å². The third kappa shape index (κ3) is 2.13. The molecule has 5 heteroatoms. The highest BCUT2D eigenvalue weighted by atomic mass is 16.1. The number of aromatic nitrogens is 3. The van der Waals surface area contributed by atoms with Gasteiger partial charge in [0.15, 0.2) is 0 Å². The van der Waals surface area contributed by atoms with E-state index in [1.807, 2.05) is 0 Å². The van der Waals surface area contributed by atoms with Crippen molar-refractivity contribution >= 4 is 10.8 Å². The van der Waals surface area contributed by atoms with Crippen LogP contribution in [0.15, 0.2) is 29.5 Å². The number of pyridine rings is 1. The van der Waals surface area contributed by atoms with Crippen LogP contribution in [-0.2, 0) is 6.54 Å². The minimum Gasteiger partial charge on any atom is -0.316 e. The lowest BCUT2D eigenvalue weighted by molar-refractivity contribution is 0.320. The van der Waals surface area contributed by atoms with Crippen molar-refractivity contribution in [3.05, 3.63) is 35.0 Å². The molecular weight excluding hydrogens is 228 g/mol. The Balaban J connectivity index is 1.92.